The Morgan fingerprint density at radius 1 is 1.04 bits per heavy atom. The Balaban J connectivity index is 1.77. The molecule has 2 aromatic rings. The average Bonchev–Trinajstić information content (AvgIpc) is 3.40. The molecule has 24 heavy (non-hydrogen) atoms. The van der Waals surface area contributed by atoms with Gasteiger partial charge in [-0.2, -0.15) is 4.31 Å². The lowest BCUT2D eigenvalue weighted by Crippen LogP contribution is -2.33. The number of methoxy groups -OCH3 is 1. The summed E-state index contributed by atoms with van der Waals surface area (Å²) >= 11 is 0. The summed E-state index contributed by atoms with van der Waals surface area (Å²) in [7, 11) is -1.86. The first kappa shape index (κ1) is 16.9. The number of rotatable bonds is 7. The highest BCUT2D eigenvalue weighted by molar-refractivity contribution is 7.88. The van der Waals surface area contributed by atoms with E-state index in [0.29, 0.717) is 12.1 Å². The van der Waals surface area contributed by atoms with Crippen molar-refractivity contribution in [2.24, 2.45) is 0 Å². The van der Waals surface area contributed by atoms with Crippen molar-refractivity contribution in [3.63, 3.8) is 0 Å². The van der Waals surface area contributed by atoms with Gasteiger partial charge in [0.1, 0.15) is 11.6 Å². The largest absolute Gasteiger partial charge is 0.497 e. The molecule has 3 rings (SSSR count). The third kappa shape index (κ3) is 4.13. The van der Waals surface area contributed by atoms with E-state index in [1.165, 1.54) is 24.3 Å². The Kier molecular flexibility index (Phi) is 4.87. The molecule has 1 aliphatic rings. The van der Waals surface area contributed by atoms with Gasteiger partial charge in [0, 0.05) is 12.6 Å². The summed E-state index contributed by atoms with van der Waals surface area (Å²) in [5.41, 5.74) is 1.52. The number of hydrogen-bond donors (Lipinski definition) is 0. The molecule has 0 atom stereocenters. The number of halogens is 1. The monoisotopic (exact) mass is 349 g/mol. The van der Waals surface area contributed by atoms with Gasteiger partial charge in [0.05, 0.1) is 12.9 Å². The first-order valence-electron chi connectivity index (χ1n) is 7.85. The minimum Gasteiger partial charge on any atom is -0.497 e. The fraction of sp³-hybridized carbons (Fsp3) is 0.333. The normalized spacial score (nSPS) is 14.8. The maximum Gasteiger partial charge on any atom is 0.218 e. The van der Waals surface area contributed by atoms with Crippen LogP contribution in [0.5, 0.6) is 5.75 Å². The van der Waals surface area contributed by atoms with Crippen LogP contribution in [-0.4, -0.2) is 25.9 Å². The number of sulfonamides is 1. The maximum absolute atomic E-state index is 13.0. The molecule has 6 heteroatoms. The van der Waals surface area contributed by atoms with Gasteiger partial charge < -0.3 is 4.74 Å². The Labute approximate surface area is 141 Å². The van der Waals surface area contributed by atoms with Crippen molar-refractivity contribution < 1.29 is 17.5 Å². The zero-order valence-corrected chi connectivity index (χ0v) is 14.3. The molecule has 0 N–H and O–H groups in total. The van der Waals surface area contributed by atoms with E-state index in [2.05, 4.69) is 0 Å². The van der Waals surface area contributed by atoms with E-state index in [0.717, 1.165) is 24.2 Å². The van der Waals surface area contributed by atoms with Crippen LogP contribution in [0.15, 0.2) is 48.5 Å². The fourth-order valence-electron chi connectivity index (χ4n) is 2.60. The van der Waals surface area contributed by atoms with Crippen molar-refractivity contribution in [3.8, 4) is 5.75 Å². The number of ether oxygens (including phenoxy) is 1. The van der Waals surface area contributed by atoms with Crippen LogP contribution in [0.25, 0.3) is 0 Å². The van der Waals surface area contributed by atoms with E-state index in [1.807, 2.05) is 24.3 Å². The van der Waals surface area contributed by atoms with Gasteiger partial charge in [-0.25, -0.2) is 12.8 Å². The van der Waals surface area contributed by atoms with Crippen LogP contribution in [0.1, 0.15) is 24.0 Å². The third-order valence-electron chi connectivity index (χ3n) is 4.07. The van der Waals surface area contributed by atoms with Gasteiger partial charge in [-0.05, 0) is 48.2 Å². The van der Waals surface area contributed by atoms with E-state index in [-0.39, 0.29) is 17.6 Å². The summed E-state index contributed by atoms with van der Waals surface area (Å²) in [6.07, 6.45) is 1.78. The van der Waals surface area contributed by atoms with Crippen LogP contribution in [-0.2, 0) is 22.3 Å². The summed E-state index contributed by atoms with van der Waals surface area (Å²) in [6, 6.07) is 13.1. The van der Waals surface area contributed by atoms with Crippen LogP contribution >= 0.6 is 0 Å². The summed E-state index contributed by atoms with van der Waals surface area (Å²) in [5, 5.41) is 0. The molecule has 1 fully saturated rings. The van der Waals surface area contributed by atoms with E-state index >= 15 is 0 Å². The van der Waals surface area contributed by atoms with Crippen molar-refractivity contribution >= 4 is 10.0 Å². The van der Waals surface area contributed by atoms with Crippen LogP contribution in [0.2, 0.25) is 0 Å². The smallest absolute Gasteiger partial charge is 0.218 e. The molecule has 0 aliphatic heterocycles. The van der Waals surface area contributed by atoms with Crippen molar-refractivity contribution in [3.05, 3.63) is 65.5 Å². The van der Waals surface area contributed by atoms with E-state index < -0.39 is 10.0 Å². The molecule has 0 aromatic heterocycles. The Morgan fingerprint density at radius 2 is 1.62 bits per heavy atom. The van der Waals surface area contributed by atoms with Crippen LogP contribution in [0.4, 0.5) is 4.39 Å². The Hall–Kier alpha value is -1.92. The summed E-state index contributed by atoms with van der Waals surface area (Å²) < 4.78 is 45.3. The van der Waals surface area contributed by atoms with Crippen molar-refractivity contribution in [2.75, 3.05) is 7.11 Å². The SMILES string of the molecule is COc1ccc(CN(C2CC2)S(=O)(=O)Cc2ccc(F)cc2)cc1. The van der Waals surface area contributed by atoms with Gasteiger partial charge in [-0.3, -0.25) is 0 Å². The molecule has 0 heterocycles. The fourth-order valence-corrected chi connectivity index (χ4v) is 4.39. The summed E-state index contributed by atoms with van der Waals surface area (Å²) in [6.45, 7) is 0.345. The molecular weight excluding hydrogens is 329 g/mol. The first-order valence-corrected chi connectivity index (χ1v) is 9.46. The maximum atomic E-state index is 13.0. The van der Waals surface area contributed by atoms with Gasteiger partial charge in [-0.15, -0.1) is 0 Å². The van der Waals surface area contributed by atoms with E-state index in [1.54, 1.807) is 11.4 Å². The number of hydrogen-bond acceptors (Lipinski definition) is 3. The van der Waals surface area contributed by atoms with Gasteiger partial charge in [-0.1, -0.05) is 24.3 Å². The van der Waals surface area contributed by atoms with Crippen LogP contribution in [0.3, 0.4) is 0 Å². The van der Waals surface area contributed by atoms with E-state index in [9.17, 15) is 12.8 Å². The molecule has 2 aromatic carbocycles. The molecular formula is C18H20FNO3S. The van der Waals surface area contributed by atoms with Crippen molar-refractivity contribution in [1.82, 2.24) is 4.31 Å². The minimum atomic E-state index is -3.46. The molecule has 4 nitrogen and oxygen atoms in total. The van der Waals surface area contributed by atoms with Gasteiger partial charge in [0.2, 0.25) is 10.0 Å². The van der Waals surface area contributed by atoms with Gasteiger partial charge in [0.25, 0.3) is 0 Å². The second-order valence-corrected chi connectivity index (χ2v) is 7.93. The van der Waals surface area contributed by atoms with Gasteiger partial charge in [0.15, 0.2) is 0 Å². The predicted octanol–water partition coefficient (Wildman–Crippen LogP) is 3.33. The molecule has 0 saturated heterocycles. The average molecular weight is 349 g/mol. The third-order valence-corrected chi connectivity index (χ3v) is 5.91. The second-order valence-electron chi connectivity index (χ2n) is 6.01. The van der Waals surface area contributed by atoms with E-state index in [4.69, 9.17) is 4.74 Å². The highest BCUT2D eigenvalue weighted by Gasteiger charge is 2.37. The Bertz CT molecular complexity index is 784. The molecule has 0 bridgehead atoms. The van der Waals surface area contributed by atoms with Crippen molar-refractivity contribution in [2.45, 2.75) is 31.2 Å². The molecule has 0 unspecified atom stereocenters. The first-order chi connectivity index (χ1) is 11.5. The van der Waals surface area contributed by atoms with Crippen molar-refractivity contribution in [1.29, 1.82) is 0 Å². The highest BCUT2D eigenvalue weighted by Crippen LogP contribution is 2.32. The van der Waals surface area contributed by atoms with Gasteiger partial charge >= 0.3 is 0 Å². The minimum absolute atomic E-state index is 0.0672. The molecule has 0 spiro atoms. The summed E-state index contributed by atoms with van der Waals surface area (Å²) in [5.74, 6) is 0.263. The molecule has 0 radical (unpaired) electrons. The topological polar surface area (TPSA) is 46.6 Å². The number of benzene rings is 2. The highest BCUT2D eigenvalue weighted by atomic mass is 32.2. The van der Waals surface area contributed by atoms with Crippen LogP contribution in [0, 0.1) is 5.82 Å². The lowest BCUT2D eigenvalue weighted by molar-refractivity contribution is 0.396. The molecule has 1 aliphatic carbocycles. The lowest BCUT2D eigenvalue weighted by Gasteiger charge is -2.22. The molecule has 1 saturated carbocycles. The number of nitrogens with zero attached hydrogens (tertiary/aromatic N) is 1. The summed E-state index contributed by atoms with van der Waals surface area (Å²) in [4.78, 5) is 0. The van der Waals surface area contributed by atoms with Crippen LogP contribution < -0.4 is 4.74 Å². The zero-order chi connectivity index (χ0) is 17.2. The molecule has 0 amide bonds. The zero-order valence-electron chi connectivity index (χ0n) is 13.5. The lowest BCUT2D eigenvalue weighted by atomic mass is 10.2. The second kappa shape index (κ2) is 6.91. The Morgan fingerprint density at radius 3 is 2.17 bits per heavy atom. The standard InChI is InChI=1S/C18H20FNO3S/c1-23-18-10-4-14(5-11-18)12-20(17-8-9-17)24(21,22)13-15-2-6-16(19)7-3-15/h2-7,10-11,17H,8-9,12-13H2,1H3. The predicted molar refractivity (Wildman–Crippen MR) is 90.6 cm³/mol. The quantitative estimate of drug-likeness (QED) is 0.770. The molecule has 128 valence electrons.